The molecule has 2 aromatic heterocycles. The smallest absolute Gasteiger partial charge is 0.150 e. The van der Waals surface area contributed by atoms with Crippen molar-refractivity contribution < 1.29 is 0 Å². The van der Waals surface area contributed by atoms with Crippen LogP contribution in [-0.2, 0) is 0 Å². The minimum absolute atomic E-state index is 0.490. The Bertz CT molecular complexity index is 533. The largest absolute Gasteiger partial charge is 0.351 e. The number of fused-ring (bicyclic) bond motifs is 1. The molecule has 2 N–H and O–H groups in total. The zero-order valence-electron chi connectivity index (χ0n) is 11.9. The number of hydrogen-bond acceptors (Lipinski definition) is 5. The van der Waals surface area contributed by atoms with Crippen molar-refractivity contribution in [2.24, 2.45) is 5.73 Å². The van der Waals surface area contributed by atoms with Crippen molar-refractivity contribution in [2.45, 2.75) is 39.7 Å². The summed E-state index contributed by atoms with van der Waals surface area (Å²) in [6.45, 7) is 8.02. The number of aryl methyl sites for hydroxylation is 1. The summed E-state index contributed by atoms with van der Waals surface area (Å²) in [6, 6.07) is 0.490. The van der Waals surface area contributed by atoms with E-state index in [0.29, 0.717) is 12.6 Å². The van der Waals surface area contributed by atoms with Gasteiger partial charge in [0.2, 0.25) is 0 Å². The molecule has 0 atom stereocenters. The number of nitrogens with zero attached hydrogens (tertiary/aromatic N) is 3. The fourth-order valence-electron chi connectivity index (χ4n) is 2.49. The van der Waals surface area contributed by atoms with Gasteiger partial charge in [-0.05, 0) is 30.7 Å². The number of nitrogens with two attached hydrogens (primary N) is 1. The van der Waals surface area contributed by atoms with Gasteiger partial charge in [0.15, 0.2) is 0 Å². The first kappa shape index (κ1) is 14.2. The standard InChI is InChI=1S/C14H22N4S/c1-4-11(5-2)18(7-6-15)14-13-12(16-9-17-14)10(3)8-19-13/h8-9,11H,4-7,15H2,1-3H3. The normalized spacial score (nSPS) is 11.4. The molecule has 0 aliphatic carbocycles. The van der Waals surface area contributed by atoms with E-state index in [-0.39, 0.29) is 0 Å². The molecule has 0 aliphatic rings. The molecule has 2 aromatic rings. The summed E-state index contributed by atoms with van der Waals surface area (Å²) >= 11 is 1.73. The maximum absolute atomic E-state index is 5.78. The van der Waals surface area contributed by atoms with Crippen LogP contribution in [0.4, 0.5) is 5.82 Å². The Balaban J connectivity index is 2.49. The van der Waals surface area contributed by atoms with Crippen LogP contribution in [0.3, 0.4) is 0 Å². The van der Waals surface area contributed by atoms with E-state index in [2.05, 4.69) is 41.0 Å². The lowest BCUT2D eigenvalue weighted by atomic mass is 10.1. The Labute approximate surface area is 118 Å². The van der Waals surface area contributed by atoms with Gasteiger partial charge in [-0.25, -0.2) is 9.97 Å². The SMILES string of the molecule is CCC(CC)N(CCN)c1ncnc2c(C)csc12. The highest BCUT2D eigenvalue weighted by molar-refractivity contribution is 7.18. The van der Waals surface area contributed by atoms with Crippen LogP contribution in [0.15, 0.2) is 11.7 Å². The lowest BCUT2D eigenvalue weighted by Gasteiger charge is -2.31. The molecule has 0 saturated carbocycles. The van der Waals surface area contributed by atoms with Gasteiger partial charge in [-0.15, -0.1) is 11.3 Å². The van der Waals surface area contributed by atoms with Crippen LogP contribution >= 0.6 is 11.3 Å². The predicted octanol–water partition coefficient (Wildman–Crippen LogP) is 2.95. The second-order valence-corrected chi connectivity index (χ2v) is 5.63. The minimum atomic E-state index is 0.490. The third-order valence-corrected chi connectivity index (χ3v) is 4.62. The third-order valence-electron chi connectivity index (χ3n) is 3.54. The van der Waals surface area contributed by atoms with Crippen molar-refractivity contribution in [1.82, 2.24) is 9.97 Å². The maximum atomic E-state index is 5.78. The molecule has 0 radical (unpaired) electrons. The summed E-state index contributed by atoms with van der Waals surface area (Å²) in [6.07, 6.45) is 3.88. The summed E-state index contributed by atoms with van der Waals surface area (Å²) in [5.74, 6) is 1.04. The molecule has 0 unspecified atom stereocenters. The van der Waals surface area contributed by atoms with Crippen molar-refractivity contribution >= 4 is 27.4 Å². The molecule has 2 heterocycles. The summed E-state index contributed by atoms with van der Waals surface area (Å²) < 4.78 is 1.18. The fourth-order valence-corrected chi connectivity index (χ4v) is 3.50. The Morgan fingerprint density at radius 2 is 2.05 bits per heavy atom. The quantitative estimate of drug-likeness (QED) is 0.882. The first-order valence-electron chi connectivity index (χ1n) is 6.88. The highest BCUT2D eigenvalue weighted by Crippen LogP contribution is 2.32. The average molecular weight is 278 g/mol. The van der Waals surface area contributed by atoms with E-state index >= 15 is 0 Å². The molecule has 19 heavy (non-hydrogen) atoms. The molecule has 4 nitrogen and oxygen atoms in total. The van der Waals surface area contributed by atoms with Crippen LogP contribution in [0, 0.1) is 6.92 Å². The van der Waals surface area contributed by atoms with Gasteiger partial charge in [0.25, 0.3) is 0 Å². The van der Waals surface area contributed by atoms with Crippen LogP contribution in [0.5, 0.6) is 0 Å². The van der Waals surface area contributed by atoms with E-state index in [1.54, 1.807) is 17.7 Å². The molecule has 0 bridgehead atoms. The van der Waals surface area contributed by atoms with Crippen LogP contribution in [-0.4, -0.2) is 29.1 Å². The summed E-state index contributed by atoms with van der Waals surface area (Å²) in [5.41, 5.74) is 8.08. The second-order valence-electron chi connectivity index (χ2n) is 4.75. The highest BCUT2D eigenvalue weighted by atomic mass is 32.1. The summed E-state index contributed by atoms with van der Waals surface area (Å²) in [5, 5.41) is 2.15. The monoisotopic (exact) mass is 278 g/mol. The molecule has 2 rings (SSSR count). The van der Waals surface area contributed by atoms with Gasteiger partial charge >= 0.3 is 0 Å². The van der Waals surface area contributed by atoms with Gasteiger partial charge < -0.3 is 10.6 Å². The molecule has 0 spiro atoms. The topological polar surface area (TPSA) is 55.0 Å². The zero-order valence-corrected chi connectivity index (χ0v) is 12.7. The van der Waals surface area contributed by atoms with E-state index in [9.17, 15) is 0 Å². The van der Waals surface area contributed by atoms with E-state index < -0.39 is 0 Å². The molecular formula is C14H22N4S. The predicted molar refractivity (Wildman–Crippen MR) is 82.9 cm³/mol. The molecule has 5 heteroatoms. The second kappa shape index (κ2) is 6.30. The van der Waals surface area contributed by atoms with Crippen LogP contribution in [0.2, 0.25) is 0 Å². The van der Waals surface area contributed by atoms with Gasteiger partial charge in [0.1, 0.15) is 12.1 Å². The molecular weight excluding hydrogens is 256 g/mol. The summed E-state index contributed by atoms with van der Waals surface area (Å²) in [7, 11) is 0. The van der Waals surface area contributed by atoms with Crippen molar-refractivity contribution in [1.29, 1.82) is 0 Å². The van der Waals surface area contributed by atoms with Crippen LogP contribution < -0.4 is 10.6 Å². The van der Waals surface area contributed by atoms with Crippen molar-refractivity contribution in [3.8, 4) is 0 Å². The third kappa shape index (κ3) is 2.72. The van der Waals surface area contributed by atoms with Gasteiger partial charge in [-0.1, -0.05) is 13.8 Å². The summed E-state index contributed by atoms with van der Waals surface area (Å²) in [4.78, 5) is 11.3. The maximum Gasteiger partial charge on any atom is 0.150 e. The van der Waals surface area contributed by atoms with E-state index in [0.717, 1.165) is 30.7 Å². The molecule has 0 saturated heterocycles. The Morgan fingerprint density at radius 1 is 1.32 bits per heavy atom. The van der Waals surface area contributed by atoms with Gasteiger partial charge in [0.05, 0.1) is 10.2 Å². The number of thiophene rings is 1. The molecule has 0 amide bonds. The average Bonchev–Trinajstić information content (AvgIpc) is 2.81. The molecule has 0 aliphatic heterocycles. The van der Waals surface area contributed by atoms with Gasteiger partial charge in [-0.3, -0.25) is 0 Å². The first-order valence-corrected chi connectivity index (χ1v) is 7.76. The van der Waals surface area contributed by atoms with Crippen molar-refractivity contribution in [3.63, 3.8) is 0 Å². The van der Waals surface area contributed by atoms with Crippen LogP contribution in [0.25, 0.3) is 10.2 Å². The Hall–Kier alpha value is -1.20. The molecule has 0 aromatic carbocycles. The van der Waals surface area contributed by atoms with Crippen LogP contribution in [0.1, 0.15) is 32.3 Å². The Kier molecular flexibility index (Phi) is 4.71. The number of anilines is 1. The Morgan fingerprint density at radius 3 is 2.68 bits per heavy atom. The number of aromatic nitrogens is 2. The highest BCUT2D eigenvalue weighted by Gasteiger charge is 2.20. The number of hydrogen-bond donors (Lipinski definition) is 1. The lowest BCUT2D eigenvalue weighted by Crippen LogP contribution is -2.39. The first-order chi connectivity index (χ1) is 9.22. The number of rotatable bonds is 6. The van der Waals surface area contributed by atoms with E-state index in [1.807, 2.05) is 0 Å². The molecule has 104 valence electrons. The van der Waals surface area contributed by atoms with Gasteiger partial charge in [-0.2, -0.15) is 0 Å². The molecule has 0 fully saturated rings. The lowest BCUT2D eigenvalue weighted by molar-refractivity contribution is 0.556. The van der Waals surface area contributed by atoms with E-state index in [4.69, 9.17) is 5.73 Å². The fraction of sp³-hybridized carbons (Fsp3) is 0.571. The van der Waals surface area contributed by atoms with Crippen molar-refractivity contribution in [3.05, 3.63) is 17.3 Å². The van der Waals surface area contributed by atoms with E-state index in [1.165, 1.54) is 10.3 Å². The van der Waals surface area contributed by atoms with Crippen molar-refractivity contribution in [2.75, 3.05) is 18.0 Å². The minimum Gasteiger partial charge on any atom is -0.351 e. The van der Waals surface area contributed by atoms with Gasteiger partial charge in [0, 0.05) is 19.1 Å². The zero-order chi connectivity index (χ0) is 13.8.